The van der Waals surface area contributed by atoms with Crippen molar-refractivity contribution < 1.29 is 14.9 Å². The molecule has 2 unspecified atom stereocenters. The first-order chi connectivity index (χ1) is 7.20. The maximum absolute atomic E-state index is 9.89. The molecule has 1 aromatic carbocycles. The Kier molecular flexibility index (Phi) is 2.82. The summed E-state index contributed by atoms with van der Waals surface area (Å²) < 4.78 is 5.70. The first-order valence-corrected chi connectivity index (χ1v) is 5.38. The Morgan fingerprint density at radius 3 is 3.00 bits per heavy atom. The van der Waals surface area contributed by atoms with E-state index >= 15 is 0 Å². The lowest BCUT2D eigenvalue weighted by Crippen LogP contribution is -2.25. The van der Waals surface area contributed by atoms with Crippen LogP contribution in [-0.2, 0) is 0 Å². The molecule has 0 saturated carbocycles. The van der Waals surface area contributed by atoms with Crippen LogP contribution in [0.3, 0.4) is 0 Å². The van der Waals surface area contributed by atoms with Gasteiger partial charge in [0, 0.05) is 18.1 Å². The number of hydrogen-bond donors (Lipinski definition) is 2. The summed E-state index contributed by atoms with van der Waals surface area (Å²) in [5.74, 6) is 0.797. The summed E-state index contributed by atoms with van der Waals surface area (Å²) in [6.45, 7) is 2.09. The van der Waals surface area contributed by atoms with Crippen LogP contribution < -0.4 is 4.74 Å². The lowest BCUT2D eigenvalue weighted by Gasteiger charge is -2.29. The van der Waals surface area contributed by atoms with Gasteiger partial charge in [-0.3, -0.25) is 0 Å². The molecule has 1 aliphatic rings. The van der Waals surface area contributed by atoms with Gasteiger partial charge in [-0.25, -0.2) is 0 Å². The molecule has 2 N–H and O–H groups in total. The lowest BCUT2D eigenvalue weighted by molar-refractivity contribution is 0.0613. The molecule has 0 aromatic heterocycles. The van der Waals surface area contributed by atoms with Crippen molar-refractivity contribution >= 4 is 0 Å². The number of aromatic hydroxyl groups is 1. The second kappa shape index (κ2) is 4.11. The zero-order chi connectivity index (χ0) is 10.8. The second-order valence-corrected chi connectivity index (χ2v) is 4.00. The molecule has 0 spiro atoms. The summed E-state index contributed by atoms with van der Waals surface area (Å²) in [6, 6.07) is 4.86. The maximum Gasteiger partial charge on any atom is 0.129 e. The molecular formula is C12H16O3. The molecule has 0 saturated heterocycles. The third-order valence-electron chi connectivity index (χ3n) is 2.75. The molecular weight excluding hydrogens is 192 g/mol. The highest BCUT2D eigenvalue weighted by Crippen LogP contribution is 2.37. The van der Waals surface area contributed by atoms with Crippen LogP contribution in [0, 0.1) is 0 Å². The van der Waals surface area contributed by atoms with E-state index in [4.69, 9.17) is 4.74 Å². The van der Waals surface area contributed by atoms with Gasteiger partial charge in [0.05, 0.1) is 6.10 Å². The minimum Gasteiger partial charge on any atom is -0.508 e. The van der Waals surface area contributed by atoms with E-state index in [9.17, 15) is 10.2 Å². The van der Waals surface area contributed by atoms with Gasteiger partial charge in [0.25, 0.3) is 0 Å². The number of hydrogen-bond acceptors (Lipinski definition) is 3. The van der Waals surface area contributed by atoms with Crippen LogP contribution in [0.5, 0.6) is 11.5 Å². The Hall–Kier alpha value is -1.22. The molecule has 3 nitrogen and oxygen atoms in total. The van der Waals surface area contributed by atoms with Crippen LogP contribution in [0.1, 0.15) is 37.9 Å². The number of phenols is 1. The van der Waals surface area contributed by atoms with E-state index in [1.54, 1.807) is 18.2 Å². The summed E-state index contributed by atoms with van der Waals surface area (Å²) in [5.41, 5.74) is 0.778. The number of aliphatic hydroxyl groups excluding tert-OH is 1. The molecule has 0 amide bonds. The number of fused-ring (bicyclic) bond motifs is 1. The van der Waals surface area contributed by atoms with Crippen LogP contribution in [0.2, 0.25) is 0 Å². The Morgan fingerprint density at radius 1 is 1.47 bits per heavy atom. The molecule has 0 radical (unpaired) electrons. The van der Waals surface area contributed by atoms with Crippen molar-refractivity contribution in [2.75, 3.05) is 0 Å². The van der Waals surface area contributed by atoms with E-state index in [1.165, 1.54) is 0 Å². The minimum absolute atomic E-state index is 0.0688. The van der Waals surface area contributed by atoms with Crippen molar-refractivity contribution in [3.8, 4) is 11.5 Å². The van der Waals surface area contributed by atoms with Crippen molar-refractivity contribution in [3.05, 3.63) is 23.8 Å². The van der Waals surface area contributed by atoms with Crippen molar-refractivity contribution in [1.82, 2.24) is 0 Å². The van der Waals surface area contributed by atoms with Crippen LogP contribution in [0.25, 0.3) is 0 Å². The zero-order valence-electron chi connectivity index (χ0n) is 8.81. The molecule has 0 aliphatic carbocycles. The van der Waals surface area contributed by atoms with Gasteiger partial charge in [-0.2, -0.15) is 0 Å². The Morgan fingerprint density at radius 2 is 2.27 bits per heavy atom. The second-order valence-electron chi connectivity index (χ2n) is 4.00. The number of ether oxygens (including phenoxy) is 1. The maximum atomic E-state index is 9.89. The number of phenolic OH excluding ortho intramolecular Hbond substituents is 1. The van der Waals surface area contributed by atoms with Gasteiger partial charge in [-0.15, -0.1) is 0 Å². The van der Waals surface area contributed by atoms with Crippen LogP contribution in [0.4, 0.5) is 0 Å². The number of aliphatic hydroxyl groups is 1. The molecule has 1 heterocycles. The Labute approximate surface area is 89.3 Å². The molecule has 2 rings (SSSR count). The van der Waals surface area contributed by atoms with Gasteiger partial charge in [0.1, 0.15) is 17.6 Å². The molecule has 0 bridgehead atoms. The van der Waals surface area contributed by atoms with Crippen molar-refractivity contribution in [2.24, 2.45) is 0 Å². The largest absolute Gasteiger partial charge is 0.508 e. The van der Waals surface area contributed by atoms with E-state index in [1.807, 2.05) is 0 Å². The van der Waals surface area contributed by atoms with E-state index in [0.717, 1.165) is 18.4 Å². The average Bonchev–Trinajstić information content (AvgIpc) is 2.17. The molecule has 15 heavy (non-hydrogen) atoms. The lowest BCUT2D eigenvalue weighted by atomic mass is 9.97. The van der Waals surface area contributed by atoms with Crippen molar-refractivity contribution in [3.63, 3.8) is 0 Å². The summed E-state index contributed by atoms with van der Waals surface area (Å²) in [7, 11) is 0. The standard InChI is InChI=1S/C12H16O3/c1-2-3-9-7-11(14)10-5-4-8(13)6-12(10)15-9/h4-6,9,11,13-14H,2-3,7H2,1H3. The van der Waals surface area contributed by atoms with Gasteiger partial charge in [-0.05, 0) is 18.6 Å². The van der Waals surface area contributed by atoms with Crippen molar-refractivity contribution in [2.45, 2.75) is 38.4 Å². The predicted octanol–water partition coefficient (Wildman–Crippen LogP) is 2.38. The van der Waals surface area contributed by atoms with Crippen LogP contribution >= 0.6 is 0 Å². The van der Waals surface area contributed by atoms with E-state index in [-0.39, 0.29) is 11.9 Å². The van der Waals surface area contributed by atoms with E-state index < -0.39 is 6.10 Å². The average molecular weight is 208 g/mol. The third kappa shape index (κ3) is 2.07. The van der Waals surface area contributed by atoms with Gasteiger partial charge in [0.2, 0.25) is 0 Å². The zero-order valence-corrected chi connectivity index (χ0v) is 8.81. The summed E-state index contributed by atoms with van der Waals surface area (Å²) in [5, 5.41) is 19.2. The number of rotatable bonds is 2. The Bertz CT molecular complexity index is 349. The summed E-state index contributed by atoms with van der Waals surface area (Å²) in [4.78, 5) is 0. The highest BCUT2D eigenvalue weighted by molar-refractivity contribution is 5.42. The predicted molar refractivity (Wildman–Crippen MR) is 57.0 cm³/mol. The van der Waals surface area contributed by atoms with Crippen LogP contribution in [-0.4, -0.2) is 16.3 Å². The number of benzene rings is 1. The molecule has 82 valence electrons. The minimum atomic E-state index is -0.467. The topological polar surface area (TPSA) is 49.7 Å². The van der Waals surface area contributed by atoms with E-state index in [0.29, 0.717) is 12.2 Å². The van der Waals surface area contributed by atoms with Gasteiger partial charge < -0.3 is 14.9 Å². The molecule has 2 atom stereocenters. The smallest absolute Gasteiger partial charge is 0.129 e. The quantitative estimate of drug-likeness (QED) is 0.784. The molecule has 3 heteroatoms. The van der Waals surface area contributed by atoms with E-state index in [2.05, 4.69) is 6.92 Å². The summed E-state index contributed by atoms with van der Waals surface area (Å²) in [6.07, 6.45) is 2.22. The first kappa shape index (κ1) is 10.3. The summed E-state index contributed by atoms with van der Waals surface area (Å²) >= 11 is 0. The van der Waals surface area contributed by atoms with Gasteiger partial charge in [-0.1, -0.05) is 13.3 Å². The monoisotopic (exact) mass is 208 g/mol. The fraction of sp³-hybridized carbons (Fsp3) is 0.500. The van der Waals surface area contributed by atoms with Crippen LogP contribution in [0.15, 0.2) is 18.2 Å². The van der Waals surface area contributed by atoms with Gasteiger partial charge in [0.15, 0.2) is 0 Å². The van der Waals surface area contributed by atoms with Crippen molar-refractivity contribution in [1.29, 1.82) is 0 Å². The SMILES string of the molecule is CCCC1CC(O)c2ccc(O)cc2O1. The molecule has 0 fully saturated rings. The first-order valence-electron chi connectivity index (χ1n) is 5.38. The molecule has 1 aromatic rings. The normalized spacial score (nSPS) is 24.4. The highest BCUT2D eigenvalue weighted by Gasteiger charge is 2.26. The Balaban J connectivity index is 2.25. The fourth-order valence-corrected chi connectivity index (χ4v) is 2.00. The van der Waals surface area contributed by atoms with Gasteiger partial charge >= 0.3 is 0 Å². The molecule has 1 aliphatic heterocycles. The highest BCUT2D eigenvalue weighted by atomic mass is 16.5. The third-order valence-corrected chi connectivity index (χ3v) is 2.75. The fourth-order valence-electron chi connectivity index (χ4n) is 2.00.